The quantitative estimate of drug-likeness (QED) is 0.914. The van der Waals surface area contributed by atoms with Crippen LogP contribution in [-0.2, 0) is 0 Å². The highest BCUT2D eigenvalue weighted by atomic mass is 16.5. The summed E-state index contributed by atoms with van der Waals surface area (Å²) in [5.74, 6) is 2.59. The Balaban J connectivity index is 2.29. The monoisotopic (exact) mass is 259 g/mol. The molecule has 5 nitrogen and oxygen atoms in total. The van der Waals surface area contributed by atoms with Gasteiger partial charge in [0.25, 0.3) is 0 Å². The van der Waals surface area contributed by atoms with Crippen LogP contribution in [0.3, 0.4) is 0 Å². The second-order valence-corrected chi connectivity index (χ2v) is 4.41. The van der Waals surface area contributed by atoms with E-state index in [0.29, 0.717) is 17.4 Å². The first-order valence-corrected chi connectivity index (χ1v) is 6.04. The summed E-state index contributed by atoms with van der Waals surface area (Å²) >= 11 is 0. The van der Waals surface area contributed by atoms with Gasteiger partial charge in [0.1, 0.15) is 23.6 Å². The number of anilines is 1. The van der Waals surface area contributed by atoms with E-state index in [0.717, 1.165) is 11.3 Å². The van der Waals surface area contributed by atoms with E-state index in [2.05, 4.69) is 9.97 Å². The molecule has 0 aliphatic carbocycles. The lowest BCUT2D eigenvalue weighted by molar-refractivity contribution is 0.411. The molecule has 0 saturated heterocycles. The van der Waals surface area contributed by atoms with E-state index in [1.54, 1.807) is 7.11 Å². The van der Waals surface area contributed by atoms with Crippen LogP contribution in [0, 0.1) is 0 Å². The van der Waals surface area contributed by atoms with Gasteiger partial charge < -0.3 is 15.2 Å². The second kappa shape index (κ2) is 5.56. The molecular weight excluding hydrogens is 242 g/mol. The molecule has 2 aromatic rings. The zero-order chi connectivity index (χ0) is 13.8. The van der Waals surface area contributed by atoms with Crippen molar-refractivity contribution in [2.75, 3.05) is 12.8 Å². The van der Waals surface area contributed by atoms with Gasteiger partial charge in [0.05, 0.1) is 12.7 Å². The van der Waals surface area contributed by atoms with Crippen LogP contribution in [-0.4, -0.2) is 17.1 Å². The van der Waals surface area contributed by atoms with E-state index in [4.69, 9.17) is 15.2 Å². The van der Waals surface area contributed by atoms with Gasteiger partial charge in [0.2, 0.25) is 5.88 Å². The Hall–Kier alpha value is -2.30. The molecule has 0 atom stereocenters. The number of hydrogen-bond donors (Lipinski definition) is 1. The molecule has 1 heterocycles. The summed E-state index contributed by atoms with van der Waals surface area (Å²) in [7, 11) is 1.62. The maximum Gasteiger partial charge on any atom is 0.227 e. The topological polar surface area (TPSA) is 70.3 Å². The molecule has 0 radical (unpaired) electrons. The van der Waals surface area contributed by atoms with Crippen LogP contribution in [0.5, 0.6) is 17.4 Å². The molecular formula is C14H17N3O2. The van der Waals surface area contributed by atoms with E-state index in [-0.39, 0.29) is 5.92 Å². The lowest BCUT2D eigenvalue weighted by atomic mass is 10.1. The molecule has 2 N–H and O–H groups in total. The number of nitrogens with two attached hydrogens (primary N) is 1. The molecule has 0 fully saturated rings. The van der Waals surface area contributed by atoms with Crippen molar-refractivity contribution in [1.29, 1.82) is 0 Å². The van der Waals surface area contributed by atoms with E-state index < -0.39 is 0 Å². The molecule has 0 bridgehead atoms. The van der Waals surface area contributed by atoms with Gasteiger partial charge in [0, 0.05) is 0 Å². The summed E-state index contributed by atoms with van der Waals surface area (Å²) in [5, 5.41) is 0. The maximum absolute atomic E-state index is 5.87. The van der Waals surface area contributed by atoms with E-state index >= 15 is 0 Å². The zero-order valence-corrected chi connectivity index (χ0v) is 11.3. The van der Waals surface area contributed by atoms with Crippen molar-refractivity contribution >= 4 is 5.82 Å². The number of rotatable bonds is 4. The van der Waals surface area contributed by atoms with Crippen LogP contribution in [0.1, 0.15) is 25.3 Å². The predicted molar refractivity (Wildman–Crippen MR) is 73.6 cm³/mol. The third-order valence-electron chi connectivity index (χ3n) is 2.73. The van der Waals surface area contributed by atoms with Gasteiger partial charge in [-0.3, -0.25) is 0 Å². The highest BCUT2D eigenvalue weighted by Gasteiger charge is 2.14. The summed E-state index contributed by atoms with van der Waals surface area (Å²) in [4.78, 5) is 8.15. The zero-order valence-electron chi connectivity index (χ0n) is 11.3. The van der Waals surface area contributed by atoms with E-state index in [1.165, 1.54) is 6.33 Å². The van der Waals surface area contributed by atoms with Gasteiger partial charge in [-0.15, -0.1) is 0 Å². The standard InChI is InChI=1S/C14H17N3O2/c1-9(2)12-13(15)16-8-17-14(12)19-11-6-4-10(18-3)5-7-11/h4-9H,1-3H3,(H2,15,16,17). The molecule has 5 heteroatoms. The number of nitrogen functional groups attached to an aromatic ring is 1. The Morgan fingerprint density at radius 2 is 1.68 bits per heavy atom. The summed E-state index contributed by atoms with van der Waals surface area (Å²) in [5.41, 5.74) is 6.69. The average Bonchev–Trinajstić information content (AvgIpc) is 2.39. The Morgan fingerprint density at radius 3 is 2.26 bits per heavy atom. The fourth-order valence-electron chi connectivity index (χ4n) is 1.77. The maximum atomic E-state index is 5.87. The van der Waals surface area contributed by atoms with Gasteiger partial charge in [-0.25, -0.2) is 9.97 Å². The van der Waals surface area contributed by atoms with Crippen molar-refractivity contribution < 1.29 is 9.47 Å². The van der Waals surface area contributed by atoms with E-state index in [1.807, 2.05) is 38.1 Å². The average molecular weight is 259 g/mol. The third-order valence-corrected chi connectivity index (χ3v) is 2.73. The molecule has 0 saturated carbocycles. The van der Waals surface area contributed by atoms with Gasteiger partial charge >= 0.3 is 0 Å². The normalized spacial score (nSPS) is 10.5. The van der Waals surface area contributed by atoms with Gasteiger partial charge in [-0.2, -0.15) is 0 Å². The molecule has 0 amide bonds. The SMILES string of the molecule is COc1ccc(Oc2ncnc(N)c2C(C)C)cc1. The second-order valence-electron chi connectivity index (χ2n) is 4.41. The Morgan fingerprint density at radius 1 is 1.05 bits per heavy atom. The number of aromatic nitrogens is 2. The number of hydrogen-bond acceptors (Lipinski definition) is 5. The number of methoxy groups -OCH3 is 1. The molecule has 0 spiro atoms. The van der Waals surface area contributed by atoms with Crippen LogP contribution in [0.25, 0.3) is 0 Å². The summed E-state index contributed by atoms with van der Waals surface area (Å²) < 4.78 is 10.9. The lowest BCUT2D eigenvalue weighted by Gasteiger charge is -2.13. The molecule has 2 rings (SSSR count). The summed E-state index contributed by atoms with van der Waals surface area (Å²) in [6.45, 7) is 4.05. The molecule has 0 aliphatic rings. The fraction of sp³-hybridized carbons (Fsp3) is 0.286. The van der Waals surface area contributed by atoms with Gasteiger partial charge in [0.15, 0.2) is 0 Å². The van der Waals surface area contributed by atoms with Crippen LogP contribution < -0.4 is 15.2 Å². The summed E-state index contributed by atoms with van der Waals surface area (Å²) in [6.07, 6.45) is 1.40. The first-order valence-electron chi connectivity index (χ1n) is 6.04. The summed E-state index contributed by atoms with van der Waals surface area (Å²) in [6, 6.07) is 7.30. The smallest absolute Gasteiger partial charge is 0.227 e. The Bertz CT molecular complexity index is 553. The van der Waals surface area contributed by atoms with Crippen molar-refractivity contribution in [2.45, 2.75) is 19.8 Å². The predicted octanol–water partition coefficient (Wildman–Crippen LogP) is 2.98. The van der Waals surface area contributed by atoms with Crippen molar-refractivity contribution in [2.24, 2.45) is 0 Å². The Labute approximate surface area is 112 Å². The molecule has 0 aliphatic heterocycles. The third kappa shape index (κ3) is 2.93. The van der Waals surface area contributed by atoms with Crippen molar-refractivity contribution in [3.05, 3.63) is 36.2 Å². The van der Waals surface area contributed by atoms with Crippen LogP contribution >= 0.6 is 0 Å². The first-order chi connectivity index (χ1) is 9.11. The van der Waals surface area contributed by atoms with Gasteiger partial charge in [-0.05, 0) is 30.2 Å². The van der Waals surface area contributed by atoms with Crippen LogP contribution in [0.2, 0.25) is 0 Å². The van der Waals surface area contributed by atoms with E-state index in [9.17, 15) is 0 Å². The molecule has 19 heavy (non-hydrogen) atoms. The number of ether oxygens (including phenoxy) is 2. The largest absolute Gasteiger partial charge is 0.497 e. The molecule has 0 unspecified atom stereocenters. The highest BCUT2D eigenvalue weighted by Crippen LogP contribution is 2.31. The number of nitrogens with zero attached hydrogens (tertiary/aromatic N) is 2. The Kier molecular flexibility index (Phi) is 3.85. The van der Waals surface area contributed by atoms with Crippen molar-refractivity contribution in [1.82, 2.24) is 9.97 Å². The van der Waals surface area contributed by atoms with Crippen LogP contribution in [0.15, 0.2) is 30.6 Å². The minimum Gasteiger partial charge on any atom is -0.497 e. The highest BCUT2D eigenvalue weighted by molar-refractivity contribution is 5.48. The molecule has 1 aromatic heterocycles. The first kappa shape index (κ1) is 13.1. The van der Waals surface area contributed by atoms with Crippen molar-refractivity contribution in [3.8, 4) is 17.4 Å². The minimum absolute atomic E-state index is 0.189. The molecule has 1 aromatic carbocycles. The van der Waals surface area contributed by atoms with Crippen molar-refractivity contribution in [3.63, 3.8) is 0 Å². The molecule has 100 valence electrons. The van der Waals surface area contributed by atoms with Crippen LogP contribution in [0.4, 0.5) is 5.82 Å². The lowest BCUT2D eigenvalue weighted by Crippen LogP contribution is -2.04. The fourth-order valence-corrected chi connectivity index (χ4v) is 1.77. The minimum atomic E-state index is 0.189. The van der Waals surface area contributed by atoms with Gasteiger partial charge in [-0.1, -0.05) is 13.8 Å². The number of benzene rings is 1.